The van der Waals surface area contributed by atoms with E-state index in [4.69, 9.17) is 0 Å². The van der Waals surface area contributed by atoms with Crippen LogP contribution in [-0.2, 0) is 0 Å². The third-order valence-corrected chi connectivity index (χ3v) is 3.20. The molecule has 2 heterocycles. The van der Waals surface area contributed by atoms with Gasteiger partial charge in [0.15, 0.2) is 11.3 Å². The first-order chi connectivity index (χ1) is 9.16. The summed E-state index contributed by atoms with van der Waals surface area (Å²) in [5, 5.41) is 14.2. The molecule has 0 fully saturated rings. The lowest BCUT2D eigenvalue weighted by molar-refractivity contribution is 0.0689. The van der Waals surface area contributed by atoms with E-state index in [-0.39, 0.29) is 5.69 Å². The first-order valence-corrected chi connectivity index (χ1v) is 6.29. The second-order valence-corrected chi connectivity index (χ2v) is 4.84. The summed E-state index contributed by atoms with van der Waals surface area (Å²) in [6.45, 7) is 0. The minimum Gasteiger partial charge on any atom is -0.476 e. The standard InChI is InChI=1S/C13H8BrN3O2/c14-8-3-1-4-9(7-8)17-11(13(18)19)10-5-2-6-15-12(10)16-17/h1-7H,(H,18,19). The van der Waals surface area contributed by atoms with E-state index in [1.807, 2.05) is 12.1 Å². The third kappa shape index (κ3) is 2.00. The number of carbonyl (C=O) groups is 1. The second-order valence-electron chi connectivity index (χ2n) is 3.92. The Hall–Kier alpha value is -2.21. The van der Waals surface area contributed by atoms with Crippen molar-refractivity contribution in [1.82, 2.24) is 14.8 Å². The van der Waals surface area contributed by atoms with Gasteiger partial charge in [0, 0.05) is 10.7 Å². The average Bonchev–Trinajstić information content (AvgIpc) is 2.78. The van der Waals surface area contributed by atoms with Gasteiger partial charge < -0.3 is 5.11 Å². The highest BCUT2D eigenvalue weighted by Crippen LogP contribution is 2.22. The molecule has 0 amide bonds. The molecule has 19 heavy (non-hydrogen) atoms. The van der Waals surface area contributed by atoms with Crippen molar-refractivity contribution >= 4 is 32.9 Å². The fourth-order valence-electron chi connectivity index (χ4n) is 1.92. The van der Waals surface area contributed by atoms with Gasteiger partial charge >= 0.3 is 5.97 Å². The van der Waals surface area contributed by atoms with Gasteiger partial charge in [0.25, 0.3) is 0 Å². The molecule has 3 rings (SSSR count). The van der Waals surface area contributed by atoms with E-state index in [0.717, 1.165) is 4.47 Å². The molecule has 2 aromatic heterocycles. The molecular formula is C13H8BrN3O2. The smallest absolute Gasteiger partial charge is 0.355 e. The van der Waals surface area contributed by atoms with Crippen LogP contribution in [0.5, 0.6) is 0 Å². The molecule has 0 bridgehead atoms. The molecule has 0 radical (unpaired) electrons. The van der Waals surface area contributed by atoms with E-state index >= 15 is 0 Å². The number of aromatic nitrogens is 3. The molecule has 5 nitrogen and oxygen atoms in total. The maximum absolute atomic E-state index is 11.5. The fraction of sp³-hybridized carbons (Fsp3) is 0. The normalized spacial score (nSPS) is 10.8. The topological polar surface area (TPSA) is 68.0 Å². The SMILES string of the molecule is O=C(O)c1c2cccnc2nn1-c1cccc(Br)c1. The van der Waals surface area contributed by atoms with Crippen LogP contribution in [0.1, 0.15) is 10.5 Å². The number of rotatable bonds is 2. The van der Waals surface area contributed by atoms with Gasteiger partial charge in [-0.3, -0.25) is 0 Å². The zero-order valence-corrected chi connectivity index (χ0v) is 11.2. The van der Waals surface area contributed by atoms with Crippen LogP contribution < -0.4 is 0 Å². The molecular weight excluding hydrogens is 310 g/mol. The predicted molar refractivity (Wildman–Crippen MR) is 73.5 cm³/mol. The highest BCUT2D eigenvalue weighted by atomic mass is 79.9. The van der Waals surface area contributed by atoms with Gasteiger partial charge in [0.2, 0.25) is 0 Å². The van der Waals surface area contributed by atoms with Crippen molar-refractivity contribution in [2.24, 2.45) is 0 Å². The Kier molecular flexibility index (Phi) is 2.79. The summed E-state index contributed by atoms with van der Waals surface area (Å²) < 4.78 is 2.25. The van der Waals surface area contributed by atoms with Crippen molar-refractivity contribution in [2.75, 3.05) is 0 Å². The zero-order valence-electron chi connectivity index (χ0n) is 9.62. The van der Waals surface area contributed by atoms with Crippen LogP contribution in [0.25, 0.3) is 16.7 Å². The predicted octanol–water partition coefficient (Wildman–Crippen LogP) is 2.88. The molecule has 1 aromatic carbocycles. The molecule has 6 heteroatoms. The van der Waals surface area contributed by atoms with E-state index in [2.05, 4.69) is 26.0 Å². The van der Waals surface area contributed by atoms with Gasteiger partial charge in [-0.2, -0.15) is 0 Å². The Balaban J connectivity index is 2.34. The second kappa shape index (κ2) is 4.47. The Morgan fingerprint density at radius 2 is 2.11 bits per heavy atom. The van der Waals surface area contributed by atoms with Crippen molar-refractivity contribution in [3.63, 3.8) is 0 Å². The Morgan fingerprint density at radius 1 is 1.26 bits per heavy atom. The van der Waals surface area contributed by atoms with Gasteiger partial charge in [0.05, 0.1) is 11.1 Å². The van der Waals surface area contributed by atoms with Crippen LogP contribution in [-0.4, -0.2) is 25.8 Å². The largest absolute Gasteiger partial charge is 0.476 e. The van der Waals surface area contributed by atoms with Gasteiger partial charge in [-0.15, -0.1) is 5.10 Å². The maximum Gasteiger partial charge on any atom is 0.355 e. The number of benzene rings is 1. The number of pyridine rings is 1. The minimum atomic E-state index is -1.03. The van der Waals surface area contributed by atoms with Crippen LogP contribution in [0.4, 0.5) is 0 Å². The first-order valence-electron chi connectivity index (χ1n) is 5.50. The number of fused-ring (bicyclic) bond motifs is 1. The quantitative estimate of drug-likeness (QED) is 0.789. The lowest BCUT2D eigenvalue weighted by Gasteiger charge is -2.04. The fourth-order valence-corrected chi connectivity index (χ4v) is 2.31. The number of halogens is 1. The molecule has 3 aromatic rings. The molecule has 0 atom stereocenters. The summed E-state index contributed by atoms with van der Waals surface area (Å²) in [6, 6.07) is 10.7. The van der Waals surface area contributed by atoms with E-state index < -0.39 is 5.97 Å². The Bertz CT molecular complexity index is 782. The van der Waals surface area contributed by atoms with Gasteiger partial charge in [-0.25, -0.2) is 14.5 Å². The van der Waals surface area contributed by atoms with E-state index in [1.54, 1.807) is 30.5 Å². The minimum absolute atomic E-state index is 0.112. The first kappa shape index (κ1) is 11.9. The number of carboxylic acids is 1. The number of aromatic carboxylic acids is 1. The molecule has 0 saturated heterocycles. The van der Waals surface area contributed by atoms with E-state index in [9.17, 15) is 9.90 Å². The van der Waals surface area contributed by atoms with Crippen molar-refractivity contribution < 1.29 is 9.90 Å². The maximum atomic E-state index is 11.5. The van der Waals surface area contributed by atoms with Crippen LogP contribution >= 0.6 is 15.9 Å². The zero-order chi connectivity index (χ0) is 13.4. The molecule has 1 N–H and O–H groups in total. The van der Waals surface area contributed by atoms with Crippen LogP contribution in [0.2, 0.25) is 0 Å². The molecule has 0 aliphatic rings. The molecule has 0 saturated carbocycles. The molecule has 0 aliphatic carbocycles. The van der Waals surface area contributed by atoms with Gasteiger partial charge in [0.1, 0.15) is 0 Å². The Morgan fingerprint density at radius 3 is 2.84 bits per heavy atom. The number of nitrogens with zero attached hydrogens (tertiary/aromatic N) is 3. The summed E-state index contributed by atoms with van der Waals surface area (Å²) in [5.74, 6) is -1.03. The van der Waals surface area contributed by atoms with E-state index in [1.165, 1.54) is 4.68 Å². The van der Waals surface area contributed by atoms with Crippen molar-refractivity contribution in [3.8, 4) is 5.69 Å². The van der Waals surface area contributed by atoms with Crippen LogP contribution in [0.15, 0.2) is 47.1 Å². The number of hydrogen-bond acceptors (Lipinski definition) is 3. The van der Waals surface area contributed by atoms with Gasteiger partial charge in [-0.1, -0.05) is 22.0 Å². The van der Waals surface area contributed by atoms with Gasteiger partial charge in [-0.05, 0) is 30.3 Å². The highest BCUT2D eigenvalue weighted by molar-refractivity contribution is 9.10. The molecule has 0 unspecified atom stereocenters. The summed E-state index contributed by atoms with van der Waals surface area (Å²) >= 11 is 3.36. The van der Waals surface area contributed by atoms with E-state index in [0.29, 0.717) is 16.7 Å². The molecule has 0 aliphatic heterocycles. The summed E-state index contributed by atoms with van der Waals surface area (Å²) in [6.07, 6.45) is 1.59. The lowest BCUT2D eigenvalue weighted by atomic mass is 10.2. The monoisotopic (exact) mass is 317 g/mol. The van der Waals surface area contributed by atoms with Crippen molar-refractivity contribution in [1.29, 1.82) is 0 Å². The average molecular weight is 318 g/mol. The number of carboxylic acid groups (broad SMARTS) is 1. The molecule has 94 valence electrons. The summed E-state index contributed by atoms with van der Waals surface area (Å²) in [4.78, 5) is 15.5. The summed E-state index contributed by atoms with van der Waals surface area (Å²) in [5.41, 5.74) is 1.20. The highest BCUT2D eigenvalue weighted by Gasteiger charge is 2.19. The van der Waals surface area contributed by atoms with Crippen molar-refractivity contribution in [3.05, 3.63) is 52.8 Å². The Labute approximate surface area is 116 Å². The van der Waals surface area contributed by atoms with Crippen LogP contribution in [0, 0.1) is 0 Å². The lowest BCUT2D eigenvalue weighted by Crippen LogP contribution is -2.08. The number of hydrogen-bond donors (Lipinski definition) is 1. The van der Waals surface area contributed by atoms with Crippen LogP contribution in [0.3, 0.4) is 0 Å². The summed E-state index contributed by atoms with van der Waals surface area (Å²) in [7, 11) is 0. The molecule has 0 spiro atoms. The van der Waals surface area contributed by atoms with Crippen molar-refractivity contribution in [2.45, 2.75) is 0 Å². The third-order valence-electron chi connectivity index (χ3n) is 2.70.